The van der Waals surface area contributed by atoms with Gasteiger partial charge in [0.05, 0.1) is 12.6 Å². The third kappa shape index (κ3) is 2.53. The van der Waals surface area contributed by atoms with Gasteiger partial charge in [-0.05, 0) is 57.5 Å². The maximum atomic E-state index is 13.2. The molecule has 3 nitrogen and oxygen atoms in total. The molecule has 3 N–H and O–H groups in total. The molecule has 0 aromatic heterocycles. The number of rotatable bonds is 3. The lowest BCUT2D eigenvalue weighted by Crippen LogP contribution is -2.29. The second kappa shape index (κ2) is 5.67. The molecule has 104 valence electrons. The van der Waals surface area contributed by atoms with Crippen LogP contribution in [-0.2, 0) is 6.42 Å². The van der Waals surface area contributed by atoms with Crippen molar-refractivity contribution < 1.29 is 9.13 Å². The van der Waals surface area contributed by atoms with E-state index in [1.807, 2.05) is 12.1 Å². The van der Waals surface area contributed by atoms with Crippen LogP contribution in [0.1, 0.15) is 22.7 Å². The van der Waals surface area contributed by atoms with Gasteiger partial charge in [-0.2, -0.15) is 0 Å². The van der Waals surface area contributed by atoms with Gasteiger partial charge in [0, 0.05) is 9.99 Å². The summed E-state index contributed by atoms with van der Waals surface area (Å²) in [5, 5.41) is 0. The second-order valence-corrected chi connectivity index (χ2v) is 5.89. The fourth-order valence-corrected chi connectivity index (χ4v) is 3.28. The molecule has 20 heavy (non-hydrogen) atoms. The highest BCUT2D eigenvalue weighted by Crippen LogP contribution is 2.31. The monoisotopic (exact) mass is 384 g/mol. The van der Waals surface area contributed by atoms with Gasteiger partial charge in [-0.1, -0.05) is 18.2 Å². The van der Waals surface area contributed by atoms with Crippen LogP contribution in [0, 0.1) is 9.39 Å². The van der Waals surface area contributed by atoms with Gasteiger partial charge >= 0.3 is 0 Å². The average Bonchev–Trinajstić information content (AvgIpc) is 2.89. The molecule has 5 heteroatoms. The van der Waals surface area contributed by atoms with E-state index >= 15 is 0 Å². The van der Waals surface area contributed by atoms with E-state index in [2.05, 4.69) is 34.1 Å². The van der Waals surface area contributed by atoms with Crippen LogP contribution in [0.15, 0.2) is 36.4 Å². The number of benzene rings is 2. The summed E-state index contributed by atoms with van der Waals surface area (Å²) in [5.41, 5.74) is 6.04. The molecule has 0 saturated heterocycles. The number of nitrogens with one attached hydrogen (secondary N) is 1. The first-order valence-electron chi connectivity index (χ1n) is 6.36. The number of hydrazine groups is 1. The Morgan fingerprint density at radius 2 is 2.10 bits per heavy atom. The summed E-state index contributed by atoms with van der Waals surface area (Å²) in [4.78, 5) is 0. The van der Waals surface area contributed by atoms with E-state index in [0.717, 1.165) is 33.5 Å². The van der Waals surface area contributed by atoms with Gasteiger partial charge in [0.2, 0.25) is 0 Å². The number of fused-ring (bicyclic) bond motifs is 1. The zero-order chi connectivity index (χ0) is 14.1. The number of nitrogens with two attached hydrogens (primary N) is 1. The van der Waals surface area contributed by atoms with Crippen LogP contribution in [-0.4, -0.2) is 6.61 Å². The van der Waals surface area contributed by atoms with E-state index in [-0.39, 0.29) is 11.9 Å². The molecule has 1 aliphatic rings. The largest absolute Gasteiger partial charge is 0.493 e. The van der Waals surface area contributed by atoms with Gasteiger partial charge in [0.25, 0.3) is 0 Å². The summed E-state index contributed by atoms with van der Waals surface area (Å²) in [6.45, 7) is 0.730. The van der Waals surface area contributed by atoms with Crippen molar-refractivity contribution in [1.29, 1.82) is 0 Å². The maximum Gasteiger partial charge on any atom is 0.124 e. The molecule has 0 spiro atoms. The maximum absolute atomic E-state index is 13.2. The zero-order valence-corrected chi connectivity index (χ0v) is 12.9. The molecule has 0 saturated carbocycles. The van der Waals surface area contributed by atoms with Crippen LogP contribution in [0.25, 0.3) is 0 Å². The van der Waals surface area contributed by atoms with Gasteiger partial charge in [0.1, 0.15) is 11.6 Å². The van der Waals surface area contributed by atoms with Crippen molar-refractivity contribution in [2.24, 2.45) is 5.84 Å². The molecule has 0 amide bonds. The van der Waals surface area contributed by atoms with Crippen LogP contribution in [0.5, 0.6) is 5.75 Å². The molecule has 2 aromatic rings. The van der Waals surface area contributed by atoms with E-state index in [1.165, 1.54) is 17.7 Å². The van der Waals surface area contributed by atoms with Gasteiger partial charge in [-0.25, -0.2) is 9.82 Å². The fraction of sp³-hybridized carbons (Fsp3) is 0.200. The molecule has 1 aliphatic heterocycles. The Bertz CT molecular complexity index is 648. The third-order valence-electron chi connectivity index (χ3n) is 3.49. The van der Waals surface area contributed by atoms with Gasteiger partial charge < -0.3 is 4.74 Å². The Morgan fingerprint density at radius 1 is 1.25 bits per heavy atom. The summed E-state index contributed by atoms with van der Waals surface area (Å²) in [6.07, 6.45) is 0.918. The highest BCUT2D eigenvalue weighted by molar-refractivity contribution is 14.1. The van der Waals surface area contributed by atoms with Crippen LogP contribution in [0.2, 0.25) is 0 Å². The number of halogens is 2. The summed E-state index contributed by atoms with van der Waals surface area (Å²) >= 11 is 2.13. The van der Waals surface area contributed by atoms with Crippen molar-refractivity contribution in [2.45, 2.75) is 12.5 Å². The average molecular weight is 384 g/mol. The van der Waals surface area contributed by atoms with Crippen LogP contribution < -0.4 is 16.0 Å². The molecule has 2 aromatic carbocycles. The van der Waals surface area contributed by atoms with Crippen LogP contribution >= 0.6 is 22.6 Å². The van der Waals surface area contributed by atoms with Crippen molar-refractivity contribution in [3.63, 3.8) is 0 Å². The molecule has 0 fully saturated rings. The molecule has 1 heterocycles. The smallest absolute Gasteiger partial charge is 0.124 e. The van der Waals surface area contributed by atoms with Crippen molar-refractivity contribution in [1.82, 2.24) is 5.43 Å². The molecule has 3 rings (SSSR count). The normalized spacial score (nSPS) is 14.8. The van der Waals surface area contributed by atoms with Crippen LogP contribution in [0.4, 0.5) is 4.39 Å². The Balaban J connectivity index is 2.01. The summed E-state index contributed by atoms with van der Waals surface area (Å²) in [7, 11) is 0. The first-order valence-corrected chi connectivity index (χ1v) is 7.43. The lowest BCUT2D eigenvalue weighted by atomic mass is 9.97. The first-order chi connectivity index (χ1) is 9.69. The molecule has 0 radical (unpaired) electrons. The van der Waals surface area contributed by atoms with E-state index in [4.69, 9.17) is 10.6 Å². The quantitative estimate of drug-likeness (QED) is 0.486. The highest BCUT2D eigenvalue weighted by atomic mass is 127. The number of hydrogen-bond donors (Lipinski definition) is 2. The minimum Gasteiger partial charge on any atom is -0.493 e. The van der Waals surface area contributed by atoms with Gasteiger partial charge in [-0.15, -0.1) is 0 Å². The summed E-state index contributed by atoms with van der Waals surface area (Å²) in [5.74, 6) is 6.41. The van der Waals surface area contributed by atoms with Crippen molar-refractivity contribution in [2.75, 3.05) is 6.61 Å². The van der Waals surface area contributed by atoms with Gasteiger partial charge in [0.15, 0.2) is 0 Å². The molecule has 1 atom stereocenters. The molecular weight excluding hydrogens is 370 g/mol. The van der Waals surface area contributed by atoms with E-state index < -0.39 is 0 Å². The van der Waals surface area contributed by atoms with Gasteiger partial charge in [-0.3, -0.25) is 5.84 Å². The number of hydrogen-bond acceptors (Lipinski definition) is 3. The standard InChI is InChI=1S/C15H14FIN2O/c16-11-2-3-12(13(17)8-11)15(19-18)10-1-4-14-9(7-10)5-6-20-14/h1-4,7-8,15,19H,5-6,18H2. The Labute approximate surface area is 130 Å². The van der Waals surface area contributed by atoms with E-state index in [0.29, 0.717) is 0 Å². The molecule has 0 aliphatic carbocycles. The third-order valence-corrected chi connectivity index (χ3v) is 4.42. The Morgan fingerprint density at radius 3 is 2.85 bits per heavy atom. The second-order valence-electron chi connectivity index (χ2n) is 4.73. The Kier molecular flexibility index (Phi) is 3.91. The zero-order valence-electron chi connectivity index (χ0n) is 10.7. The van der Waals surface area contributed by atoms with Crippen molar-refractivity contribution in [3.8, 4) is 5.75 Å². The SMILES string of the molecule is NNC(c1ccc2c(c1)CCO2)c1ccc(F)cc1I. The summed E-state index contributed by atoms with van der Waals surface area (Å²) in [6, 6.07) is 10.6. The predicted octanol–water partition coefficient (Wildman–Crippen LogP) is 2.92. The van der Waals surface area contributed by atoms with Crippen molar-refractivity contribution >= 4 is 22.6 Å². The lowest BCUT2D eigenvalue weighted by Gasteiger charge is -2.19. The Hall–Kier alpha value is -1.18. The molecular formula is C15H14FIN2O. The first kappa shape index (κ1) is 13.8. The summed E-state index contributed by atoms with van der Waals surface area (Å²) < 4.78 is 19.6. The van der Waals surface area contributed by atoms with Crippen LogP contribution in [0.3, 0.4) is 0 Å². The molecule has 1 unspecified atom stereocenters. The number of ether oxygens (including phenoxy) is 1. The molecule has 0 bridgehead atoms. The van der Waals surface area contributed by atoms with E-state index in [1.54, 1.807) is 6.07 Å². The minimum atomic E-state index is -0.240. The lowest BCUT2D eigenvalue weighted by molar-refractivity contribution is 0.357. The van der Waals surface area contributed by atoms with E-state index in [9.17, 15) is 4.39 Å². The fourth-order valence-electron chi connectivity index (χ4n) is 2.49. The van der Waals surface area contributed by atoms with Crippen molar-refractivity contribution in [3.05, 3.63) is 62.5 Å². The highest BCUT2D eigenvalue weighted by Gasteiger charge is 2.19. The predicted molar refractivity (Wildman–Crippen MR) is 83.9 cm³/mol. The topological polar surface area (TPSA) is 47.3 Å². The minimum absolute atomic E-state index is 0.159.